The summed E-state index contributed by atoms with van der Waals surface area (Å²) in [6, 6.07) is 4.30. The third-order valence-electron chi connectivity index (χ3n) is 4.32. The lowest BCUT2D eigenvalue weighted by Gasteiger charge is -2.22. The number of nitrogens with zero attached hydrogens (tertiary/aromatic N) is 5. The van der Waals surface area contributed by atoms with Crippen molar-refractivity contribution in [2.24, 2.45) is 0 Å². The molecule has 1 atom stereocenters. The number of aryl methyl sites for hydroxylation is 1. The molecular weight excluding hydrogens is 294 g/mol. The molecule has 0 aliphatic carbocycles. The van der Waals surface area contributed by atoms with Crippen molar-refractivity contribution in [3.8, 4) is 11.7 Å². The molecular formula is C16H19N5O2. The van der Waals surface area contributed by atoms with Crippen LogP contribution in [0.15, 0.2) is 39.6 Å². The maximum absolute atomic E-state index is 5.77. The van der Waals surface area contributed by atoms with Gasteiger partial charge in [-0.05, 0) is 38.4 Å². The van der Waals surface area contributed by atoms with E-state index in [0.717, 1.165) is 25.1 Å². The Hall–Kier alpha value is -2.41. The summed E-state index contributed by atoms with van der Waals surface area (Å²) in [5, 5.41) is 12.6. The standard InChI is InChI=1S/C16H19N5O2/c1-12-5-9-22-15(12)16-19-18-14(23-16)11-20-7-2-4-13(20)10-21-8-3-6-17-21/h3,5-6,8-9,13H,2,4,7,10-11H2,1H3/t13-/m0/s1. The van der Waals surface area contributed by atoms with Gasteiger partial charge < -0.3 is 8.83 Å². The molecule has 0 saturated carbocycles. The lowest BCUT2D eigenvalue weighted by atomic mass is 10.2. The average Bonchev–Trinajstić information content (AvgIpc) is 3.30. The highest BCUT2D eigenvalue weighted by Gasteiger charge is 2.27. The van der Waals surface area contributed by atoms with Crippen molar-refractivity contribution >= 4 is 0 Å². The predicted molar refractivity (Wildman–Crippen MR) is 82.4 cm³/mol. The summed E-state index contributed by atoms with van der Waals surface area (Å²) in [6.45, 7) is 4.57. The highest BCUT2D eigenvalue weighted by Crippen LogP contribution is 2.25. The first-order valence-electron chi connectivity index (χ1n) is 7.88. The number of hydrogen-bond acceptors (Lipinski definition) is 6. The van der Waals surface area contributed by atoms with E-state index in [2.05, 4.69) is 20.2 Å². The molecule has 0 spiro atoms. The molecule has 0 bridgehead atoms. The Bertz CT molecular complexity index is 761. The van der Waals surface area contributed by atoms with Crippen LogP contribution in [0.3, 0.4) is 0 Å². The van der Waals surface area contributed by atoms with Gasteiger partial charge in [-0.15, -0.1) is 10.2 Å². The zero-order valence-electron chi connectivity index (χ0n) is 13.1. The van der Waals surface area contributed by atoms with Crippen molar-refractivity contribution in [3.05, 3.63) is 42.2 Å². The third kappa shape index (κ3) is 2.92. The lowest BCUT2D eigenvalue weighted by molar-refractivity contribution is 0.200. The average molecular weight is 313 g/mol. The van der Waals surface area contributed by atoms with E-state index in [9.17, 15) is 0 Å². The molecule has 3 aromatic heterocycles. The van der Waals surface area contributed by atoms with Crippen LogP contribution in [0.1, 0.15) is 24.3 Å². The van der Waals surface area contributed by atoms with Crippen LogP contribution in [0.25, 0.3) is 11.7 Å². The minimum absolute atomic E-state index is 0.449. The van der Waals surface area contributed by atoms with Gasteiger partial charge in [-0.1, -0.05) is 0 Å². The summed E-state index contributed by atoms with van der Waals surface area (Å²) in [5.74, 6) is 1.73. The van der Waals surface area contributed by atoms with Crippen molar-refractivity contribution in [2.45, 2.75) is 38.9 Å². The van der Waals surface area contributed by atoms with Gasteiger partial charge in [0, 0.05) is 24.0 Å². The first-order valence-corrected chi connectivity index (χ1v) is 7.88. The molecule has 0 aromatic carbocycles. The smallest absolute Gasteiger partial charge is 0.283 e. The summed E-state index contributed by atoms with van der Waals surface area (Å²) < 4.78 is 13.2. The van der Waals surface area contributed by atoms with Gasteiger partial charge >= 0.3 is 0 Å². The van der Waals surface area contributed by atoms with E-state index < -0.39 is 0 Å². The van der Waals surface area contributed by atoms with Crippen LogP contribution < -0.4 is 0 Å². The van der Waals surface area contributed by atoms with Gasteiger partial charge in [-0.25, -0.2) is 0 Å². The summed E-state index contributed by atoms with van der Waals surface area (Å²) in [4.78, 5) is 2.38. The van der Waals surface area contributed by atoms with Crippen molar-refractivity contribution in [2.75, 3.05) is 6.54 Å². The molecule has 0 radical (unpaired) electrons. The molecule has 0 unspecified atom stereocenters. The van der Waals surface area contributed by atoms with E-state index in [1.165, 1.54) is 6.42 Å². The molecule has 1 fully saturated rings. The SMILES string of the molecule is Cc1ccoc1-c1nnc(CN2CCC[C@H]2Cn2cccn2)o1. The van der Waals surface area contributed by atoms with Crippen molar-refractivity contribution in [1.29, 1.82) is 0 Å². The first-order chi connectivity index (χ1) is 11.3. The van der Waals surface area contributed by atoms with Crippen molar-refractivity contribution in [3.63, 3.8) is 0 Å². The monoisotopic (exact) mass is 313 g/mol. The van der Waals surface area contributed by atoms with Crippen LogP contribution in [-0.4, -0.2) is 37.5 Å². The van der Waals surface area contributed by atoms with Crippen molar-refractivity contribution < 1.29 is 8.83 Å². The van der Waals surface area contributed by atoms with Crippen LogP contribution >= 0.6 is 0 Å². The molecule has 1 aliphatic heterocycles. The Morgan fingerprint density at radius 1 is 1.35 bits per heavy atom. The summed E-state index contributed by atoms with van der Waals surface area (Å²) in [7, 11) is 0. The highest BCUT2D eigenvalue weighted by atomic mass is 16.4. The molecule has 7 nitrogen and oxygen atoms in total. The fourth-order valence-corrected chi connectivity index (χ4v) is 3.11. The Morgan fingerprint density at radius 3 is 3.09 bits per heavy atom. The van der Waals surface area contributed by atoms with Gasteiger partial charge in [0.25, 0.3) is 5.89 Å². The molecule has 4 heterocycles. The predicted octanol–water partition coefficient (Wildman–Crippen LogP) is 2.50. The molecule has 3 aromatic rings. The largest absolute Gasteiger partial charge is 0.459 e. The molecule has 1 aliphatic rings. The highest BCUT2D eigenvalue weighted by molar-refractivity contribution is 5.49. The molecule has 1 saturated heterocycles. The Balaban J connectivity index is 1.45. The van der Waals surface area contributed by atoms with Crippen LogP contribution in [0.4, 0.5) is 0 Å². The van der Waals surface area contributed by atoms with E-state index in [-0.39, 0.29) is 0 Å². The van der Waals surface area contributed by atoms with Gasteiger partial charge in [0.1, 0.15) is 0 Å². The fraction of sp³-hybridized carbons (Fsp3) is 0.438. The second-order valence-corrected chi connectivity index (χ2v) is 5.93. The number of hydrogen-bond donors (Lipinski definition) is 0. The van der Waals surface area contributed by atoms with Crippen LogP contribution in [0.2, 0.25) is 0 Å². The zero-order chi connectivity index (χ0) is 15.6. The number of aromatic nitrogens is 4. The van der Waals surface area contributed by atoms with Crippen LogP contribution in [0.5, 0.6) is 0 Å². The van der Waals surface area contributed by atoms with Gasteiger partial charge in [-0.3, -0.25) is 9.58 Å². The maximum Gasteiger partial charge on any atom is 0.283 e. The third-order valence-corrected chi connectivity index (χ3v) is 4.32. The molecule has 23 heavy (non-hydrogen) atoms. The Labute approximate surface area is 133 Å². The molecule has 7 heteroatoms. The van der Waals surface area contributed by atoms with E-state index in [1.54, 1.807) is 6.26 Å². The van der Waals surface area contributed by atoms with Crippen LogP contribution in [-0.2, 0) is 13.1 Å². The maximum atomic E-state index is 5.77. The van der Waals surface area contributed by atoms with Crippen molar-refractivity contribution in [1.82, 2.24) is 24.9 Å². The molecule has 0 amide bonds. The second kappa shape index (κ2) is 6.00. The summed E-state index contributed by atoms with van der Waals surface area (Å²) in [6.07, 6.45) is 7.80. The minimum Gasteiger partial charge on any atom is -0.459 e. The van der Waals surface area contributed by atoms with E-state index in [4.69, 9.17) is 8.83 Å². The number of furan rings is 1. The molecule has 120 valence electrons. The molecule has 0 N–H and O–H groups in total. The van der Waals surface area contributed by atoms with E-state index in [0.29, 0.717) is 30.1 Å². The fourth-order valence-electron chi connectivity index (χ4n) is 3.11. The lowest BCUT2D eigenvalue weighted by Crippen LogP contribution is -2.32. The van der Waals surface area contributed by atoms with E-state index in [1.807, 2.05) is 36.1 Å². The van der Waals surface area contributed by atoms with Gasteiger partial charge in [0.15, 0.2) is 5.76 Å². The van der Waals surface area contributed by atoms with Gasteiger partial charge in [-0.2, -0.15) is 5.10 Å². The Morgan fingerprint density at radius 2 is 2.30 bits per heavy atom. The molecule has 4 rings (SSSR count). The van der Waals surface area contributed by atoms with E-state index >= 15 is 0 Å². The minimum atomic E-state index is 0.449. The number of likely N-dealkylation sites (tertiary alicyclic amines) is 1. The first kappa shape index (κ1) is 14.2. The summed E-state index contributed by atoms with van der Waals surface area (Å²) >= 11 is 0. The van der Waals surface area contributed by atoms with Gasteiger partial charge in [0.05, 0.1) is 19.4 Å². The number of rotatable bonds is 5. The second-order valence-electron chi connectivity index (χ2n) is 5.93. The topological polar surface area (TPSA) is 73.1 Å². The normalized spacial score (nSPS) is 18.7. The van der Waals surface area contributed by atoms with Crippen LogP contribution in [0, 0.1) is 6.92 Å². The zero-order valence-corrected chi connectivity index (χ0v) is 13.1. The van der Waals surface area contributed by atoms with Gasteiger partial charge in [0.2, 0.25) is 5.89 Å². The Kier molecular flexibility index (Phi) is 3.70. The summed E-state index contributed by atoms with van der Waals surface area (Å²) in [5.41, 5.74) is 0.998. The quantitative estimate of drug-likeness (QED) is 0.720.